The van der Waals surface area contributed by atoms with Crippen molar-refractivity contribution in [1.82, 2.24) is 4.98 Å². The summed E-state index contributed by atoms with van der Waals surface area (Å²) in [7, 11) is 0. The van der Waals surface area contributed by atoms with Crippen LogP contribution >= 0.6 is 0 Å². The molecule has 4 nitrogen and oxygen atoms in total. The molecule has 2 N–H and O–H groups in total. The Morgan fingerprint density at radius 1 is 1.39 bits per heavy atom. The predicted octanol–water partition coefficient (Wildman–Crippen LogP) is 2.11. The summed E-state index contributed by atoms with van der Waals surface area (Å²) < 4.78 is 13.0. The lowest BCUT2D eigenvalue weighted by Crippen LogP contribution is -2.14. The number of amides is 1. The first kappa shape index (κ1) is 12.0. The number of carbonyl (C=O) groups is 1. The number of aromatic hydroxyl groups is 1. The molecule has 1 heterocycles. The number of benzene rings is 1. The van der Waals surface area contributed by atoms with Gasteiger partial charge in [0, 0.05) is 24.1 Å². The Hall–Kier alpha value is -2.43. The molecule has 0 fully saturated rings. The van der Waals surface area contributed by atoms with Gasteiger partial charge >= 0.3 is 0 Å². The van der Waals surface area contributed by atoms with Crippen molar-refractivity contribution in [3.63, 3.8) is 0 Å². The molecule has 0 bridgehead atoms. The average Bonchev–Trinajstić information content (AvgIpc) is 2.35. The molecular weight excluding hydrogens is 235 g/mol. The van der Waals surface area contributed by atoms with Crippen molar-refractivity contribution in [2.75, 3.05) is 5.32 Å². The highest BCUT2D eigenvalue weighted by atomic mass is 19.1. The summed E-state index contributed by atoms with van der Waals surface area (Å²) in [5.41, 5.74) is 1.08. The number of carbonyl (C=O) groups excluding carboxylic acids is 1. The van der Waals surface area contributed by atoms with Gasteiger partial charge in [-0.2, -0.15) is 0 Å². The molecule has 1 aromatic carbocycles. The van der Waals surface area contributed by atoms with Crippen LogP contribution in [0.1, 0.15) is 5.56 Å². The molecule has 0 saturated carbocycles. The van der Waals surface area contributed by atoms with E-state index in [1.165, 1.54) is 12.1 Å². The van der Waals surface area contributed by atoms with E-state index < -0.39 is 11.6 Å². The monoisotopic (exact) mass is 246 g/mol. The molecule has 0 atom stereocenters. The molecule has 1 aromatic heterocycles. The van der Waals surface area contributed by atoms with Gasteiger partial charge in [0.1, 0.15) is 0 Å². The number of pyridine rings is 1. The summed E-state index contributed by atoms with van der Waals surface area (Å²) in [6.45, 7) is 0. The van der Waals surface area contributed by atoms with Crippen molar-refractivity contribution in [2.45, 2.75) is 6.42 Å². The summed E-state index contributed by atoms with van der Waals surface area (Å²) in [5, 5.41) is 11.6. The Balaban J connectivity index is 2.01. The van der Waals surface area contributed by atoms with Crippen LogP contribution in [0.5, 0.6) is 5.75 Å². The van der Waals surface area contributed by atoms with Gasteiger partial charge in [0.25, 0.3) is 0 Å². The SMILES string of the molecule is O=C(Cc1cccnc1)Nc1ccc(O)c(F)c1. The minimum Gasteiger partial charge on any atom is -0.505 e. The van der Waals surface area contributed by atoms with Crippen molar-refractivity contribution >= 4 is 11.6 Å². The lowest BCUT2D eigenvalue weighted by atomic mass is 10.2. The largest absolute Gasteiger partial charge is 0.505 e. The second-order valence-electron chi connectivity index (χ2n) is 3.75. The number of nitrogens with one attached hydrogen (secondary N) is 1. The number of hydrogen-bond acceptors (Lipinski definition) is 3. The molecule has 0 aliphatic heterocycles. The Morgan fingerprint density at radius 3 is 2.89 bits per heavy atom. The maximum Gasteiger partial charge on any atom is 0.228 e. The molecule has 18 heavy (non-hydrogen) atoms. The molecule has 5 heteroatoms. The van der Waals surface area contributed by atoms with Gasteiger partial charge in [0.2, 0.25) is 5.91 Å². The van der Waals surface area contributed by atoms with Crippen molar-refractivity contribution < 1.29 is 14.3 Å². The van der Waals surface area contributed by atoms with Gasteiger partial charge in [-0.25, -0.2) is 4.39 Å². The van der Waals surface area contributed by atoms with E-state index in [-0.39, 0.29) is 12.3 Å². The van der Waals surface area contributed by atoms with E-state index in [0.717, 1.165) is 11.6 Å². The van der Waals surface area contributed by atoms with Crippen LogP contribution < -0.4 is 5.32 Å². The van der Waals surface area contributed by atoms with Crippen LogP contribution in [0, 0.1) is 5.82 Å². The minimum absolute atomic E-state index is 0.163. The standard InChI is InChI=1S/C13H11FN2O2/c14-11-7-10(3-4-12(11)17)16-13(18)6-9-2-1-5-15-8-9/h1-5,7-8,17H,6H2,(H,16,18). The Bertz CT molecular complexity index is 558. The zero-order valence-corrected chi connectivity index (χ0v) is 9.43. The van der Waals surface area contributed by atoms with Gasteiger partial charge in [0.15, 0.2) is 11.6 Å². The topological polar surface area (TPSA) is 62.2 Å². The molecule has 0 unspecified atom stereocenters. The van der Waals surface area contributed by atoms with Crippen LogP contribution in [0.25, 0.3) is 0 Å². The van der Waals surface area contributed by atoms with E-state index in [2.05, 4.69) is 10.3 Å². The number of anilines is 1. The second kappa shape index (κ2) is 5.27. The van der Waals surface area contributed by atoms with Gasteiger partial charge < -0.3 is 10.4 Å². The van der Waals surface area contributed by atoms with Crippen LogP contribution in [0.3, 0.4) is 0 Å². The Kier molecular flexibility index (Phi) is 3.52. The lowest BCUT2D eigenvalue weighted by molar-refractivity contribution is -0.115. The smallest absolute Gasteiger partial charge is 0.228 e. The first-order valence-electron chi connectivity index (χ1n) is 5.32. The van der Waals surface area contributed by atoms with Crippen LogP contribution in [-0.2, 0) is 11.2 Å². The van der Waals surface area contributed by atoms with E-state index in [4.69, 9.17) is 5.11 Å². The third kappa shape index (κ3) is 3.04. The lowest BCUT2D eigenvalue weighted by Gasteiger charge is -2.05. The fraction of sp³-hybridized carbons (Fsp3) is 0.0769. The summed E-state index contributed by atoms with van der Waals surface area (Å²) in [5.74, 6) is -1.48. The zero-order valence-electron chi connectivity index (χ0n) is 9.43. The maximum atomic E-state index is 13.0. The van der Waals surface area contributed by atoms with Gasteiger partial charge in [0.05, 0.1) is 6.42 Å². The molecule has 2 rings (SSSR count). The first-order chi connectivity index (χ1) is 8.65. The molecule has 2 aromatic rings. The van der Waals surface area contributed by atoms with Gasteiger partial charge in [-0.3, -0.25) is 9.78 Å². The Labute approximate surface area is 103 Å². The number of halogens is 1. The van der Waals surface area contributed by atoms with E-state index in [9.17, 15) is 9.18 Å². The summed E-state index contributed by atoms with van der Waals surface area (Å²) in [6, 6.07) is 7.21. The quantitative estimate of drug-likeness (QED) is 0.815. The number of phenolic OH excluding ortho intramolecular Hbond substituents is 1. The molecule has 0 saturated heterocycles. The van der Waals surface area contributed by atoms with Crippen LogP contribution in [0.2, 0.25) is 0 Å². The molecule has 1 amide bonds. The highest BCUT2D eigenvalue weighted by Gasteiger charge is 2.06. The van der Waals surface area contributed by atoms with Gasteiger partial charge in [-0.05, 0) is 23.8 Å². The molecular formula is C13H11FN2O2. The molecule has 92 valence electrons. The van der Waals surface area contributed by atoms with Crippen LogP contribution in [0.15, 0.2) is 42.7 Å². The molecule has 0 radical (unpaired) electrons. The number of nitrogens with zero attached hydrogens (tertiary/aromatic N) is 1. The Morgan fingerprint density at radius 2 is 2.22 bits per heavy atom. The summed E-state index contributed by atoms with van der Waals surface area (Å²) in [4.78, 5) is 15.6. The fourth-order valence-corrected chi connectivity index (χ4v) is 1.48. The van der Waals surface area contributed by atoms with Crippen LogP contribution in [-0.4, -0.2) is 16.0 Å². The summed E-state index contributed by atoms with van der Waals surface area (Å²) >= 11 is 0. The number of rotatable bonds is 3. The van der Waals surface area contributed by atoms with Crippen molar-refractivity contribution in [3.8, 4) is 5.75 Å². The molecule has 0 aliphatic rings. The van der Waals surface area contributed by atoms with E-state index in [0.29, 0.717) is 5.69 Å². The number of hydrogen-bond donors (Lipinski definition) is 2. The van der Waals surface area contributed by atoms with E-state index in [1.54, 1.807) is 24.5 Å². The van der Waals surface area contributed by atoms with Crippen molar-refractivity contribution in [3.05, 3.63) is 54.1 Å². The molecule has 0 aliphatic carbocycles. The third-order valence-corrected chi connectivity index (χ3v) is 2.32. The van der Waals surface area contributed by atoms with E-state index in [1.807, 2.05) is 0 Å². The number of phenols is 1. The zero-order chi connectivity index (χ0) is 13.0. The first-order valence-corrected chi connectivity index (χ1v) is 5.32. The van der Waals surface area contributed by atoms with Crippen molar-refractivity contribution in [1.29, 1.82) is 0 Å². The number of aromatic nitrogens is 1. The van der Waals surface area contributed by atoms with E-state index >= 15 is 0 Å². The highest BCUT2D eigenvalue weighted by Crippen LogP contribution is 2.19. The minimum atomic E-state index is -0.769. The second-order valence-corrected chi connectivity index (χ2v) is 3.75. The normalized spacial score (nSPS) is 10.1. The highest BCUT2D eigenvalue weighted by molar-refractivity contribution is 5.92. The third-order valence-electron chi connectivity index (χ3n) is 2.32. The van der Waals surface area contributed by atoms with Crippen molar-refractivity contribution in [2.24, 2.45) is 0 Å². The molecule has 0 spiro atoms. The summed E-state index contributed by atoms with van der Waals surface area (Å²) in [6.07, 6.45) is 3.38. The fourth-order valence-electron chi connectivity index (χ4n) is 1.48. The predicted molar refractivity (Wildman–Crippen MR) is 64.6 cm³/mol. The van der Waals surface area contributed by atoms with Gasteiger partial charge in [-0.15, -0.1) is 0 Å². The maximum absolute atomic E-state index is 13.0. The average molecular weight is 246 g/mol. The van der Waals surface area contributed by atoms with Crippen LogP contribution in [0.4, 0.5) is 10.1 Å². The van der Waals surface area contributed by atoms with Gasteiger partial charge in [-0.1, -0.05) is 6.07 Å².